The normalized spacial score (nSPS) is 17.3. The highest BCUT2D eigenvalue weighted by atomic mass is 32.2. The molecule has 4 rings (SSSR count). The molecule has 1 aromatic carbocycles. The Labute approximate surface area is 155 Å². The van der Waals surface area contributed by atoms with Crippen molar-refractivity contribution in [3.05, 3.63) is 54.0 Å². The van der Waals surface area contributed by atoms with Crippen molar-refractivity contribution in [3.8, 4) is 0 Å². The fourth-order valence-corrected chi connectivity index (χ4v) is 4.07. The number of para-hydroxylation sites is 1. The summed E-state index contributed by atoms with van der Waals surface area (Å²) in [6, 6.07) is 11.9. The molecule has 0 fully saturated rings. The zero-order valence-electron chi connectivity index (χ0n) is 14.6. The molecule has 0 bridgehead atoms. The van der Waals surface area contributed by atoms with Gasteiger partial charge in [0.25, 0.3) is 0 Å². The molecular formula is C18H19N5O2S. The van der Waals surface area contributed by atoms with Gasteiger partial charge in [0, 0.05) is 11.7 Å². The van der Waals surface area contributed by atoms with Gasteiger partial charge in [0.05, 0.1) is 11.5 Å². The molecule has 0 N–H and O–H groups in total. The van der Waals surface area contributed by atoms with Crippen molar-refractivity contribution in [2.24, 2.45) is 0 Å². The third-order valence-corrected chi connectivity index (χ3v) is 5.52. The first kappa shape index (κ1) is 16.8. The van der Waals surface area contributed by atoms with E-state index >= 15 is 0 Å². The van der Waals surface area contributed by atoms with Gasteiger partial charge in [-0.2, -0.15) is 0 Å². The Bertz CT molecular complexity index is 908. The highest BCUT2D eigenvalue weighted by molar-refractivity contribution is 8.00. The molecule has 3 heterocycles. The van der Waals surface area contributed by atoms with Gasteiger partial charge in [0.2, 0.25) is 11.1 Å². The summed E-state index contributed by atoms with van der Waals surface area (Å²) in [5.41, 5.74) is 2.22. The van der Waals surface area contributed by atoms with E-state index in [1.54, 1.807) is 10.9 Å². The van der Waals surface area contributed by atoms with Crippen LogP contribution in [0.15, 0.2) is 52.2 Å². The lowest BCUT2D eigenvalue weighted by Gasteiger charge is -2.25. The van der Waals surface area contributed by atoms with Crippen molar-refractivity contribution in [3.63, 3.8) is 0 Å². The van der Waals surface area contributed by atoms with Crippen LogP contribution in [-0.4, -0.2) is 37.4 Å². The number of carbonyl (C=O) groups excluding carboxylic acids is 1. The van der Waals surface area contributed by atoms with Crippen LogP contribution in [0.1, 0.15) is 25.2 Å². The van der Waals surface area contributed by atoms with Crippen molar-refractivity contribution >= 4 is 23.4 Å². The monoisotopic (exact) mass is 369 g/mol. The molecule has 7 nitrogen and oxygen atoms in total. The first-order valence-corrected chi connectivity index (χ1v) is 9.37. The van der Waals surface area contributed by atoms with Gasteiger partial charge >= 0.3 is 0 Å². The summed E-state index contributed by atoms with van der Waals surface area (Å²) in [6.45, 7) is 4.41. The average molecular weight is 369 g/mol. The molecule has 0 radical (unpaired) electrons. The highest BCUT2D eigenvalue weighted by Gasteiger charge is 2.34. The number of anilines is 1. The maximum atomic E-state index is 13.1. The molecule has 2 aromatic heterocycles. The predicted molar refractivity (Wildman–Crippen MR) is 98.0 cm³/mol. The van der Waals surface area contributed by atoms with Crippen LogP contribution in [0.4, 0.5) is 5.69 Å². The lowest BCUT2D eigenvalue weighted by atomic mass is 10.1. The molecule has 1 aliphatic heterocycles. The highest BCUT2D eigenvalue weighted by Crippen LogP contribution is 2.34. The first-order valence-electron chi connectivity index (χ1n) is 8.49. The van der Waals surface area contributed by atoms with Gasteiger partial charge in [-0.3, -0.25) is 4.79 Å². The molecule has 3 aromatic rings. The molecule has 0 saturated heterocycles. The fourth-order valence-electron chi connectivity index (χ4n) is 3.24. The Hall–Kier alpha value is -2.61. The van der Waals surface area contributed by atoms with E-state index in [1.165, 1.54) is 17.3 Å². The number of tetrazole rings is 1. The minimum Gasteiger partial charge on any atom is -0.467 e. The van der Waals surface area contributed by atoms with Gasteiger partial charge in [-0.05, 0) is 54.5 Å². The van der Waals surface area contributed by atoms with Crippen LogP contribution >= 0.6 is 11.8 Å². The summed E-state index contributed by atoms with van der Waals surface area (Å²) in [6.07, 6.45) is 2.50. The number of aromatic nitrogens is 4. The lowest BCUT2D eigenvalue weighted by Crippen LogP contribution is -2.40. The van der Waals surface area contributed by atoms with Crippen molar-refractivity contribution < 1.29 is 9.21 Å². The average Bonchev–Trinajstić information content (AvgIpc) is 3.35. The second-order valence-electron chi connectivity index (χ2n) is 6.35. The van der Waals surface area contributed by atoms with Crippen molar-refractivity contribution in [1.82, 2.24) is 20.2 Å². The molecule has 2 unspecified atom stereocenters. The zero-order chi connectivity index (χ0) is 18.1. The van der Waals surface area contributed by atoms with E-state index in [4.69, 9.17) is 4.42 Å². The Morgan fingerprint density at radius 1 is 1.35 bits per heavy atom. The minimum absolute atomic E-state index is 0.0694. The second-order valence-corrected chi connectivity index (χ2v) is 7.66. The summed E-state index contributed by atoms with van der Waals surface area (Å²) in [5.74, 6) is 0.834. The Balaban J connectivity index is 1.50. The maximum Gasteiger partial charge on any atom is 0.240 e. The number of fused-ring (bicyclic) bond motifs is 1. The SMILES string of the molecule is CC(Sc1nnnn1Cc1ccco1)C(=O)N1c2ccccc2CC1C. The summed E-state index contributed by atoms with van der Waals surface area (Å²) in [7, 11) is 0. The molecule has 0 spiro atoms. The van der Waals surface area contributed by atoms with Crippen LogP contribution < -0.4 is 4.90 Å². The largest absolute Gasteiger partial charge is 0.467 e. The Morgan fingerprint density at radius 3 is 3.00 bits per heavy atom. The van der Waals surface area contributed by atoms with Crippen LogP contribution in [0.2, 0.25) is 0 Å². The molecule has 1 aliphatic rings. The number of rotatable bonds is 5. The van der Waals surface area contributed by atoms with Crippen molar-refractivity contribution in [2.45, 2.75) is 43.3 Å². The number of nitrogens with zero attached hydrogens (tertiary/aromatic N) is 5. The number of benzene rings is 1. The standard InChI is InChI=1S/C18H19N5O2S/c1-12-10-14-6-3-4-8-16(14)23(12)17(24)13(2)26-18-19-20-21-22(18)11-15-7-5-9-25-15/h3-9,12-13H,10-11H2,1-2H3. The molecule has 1 amide bonds. The van der Waals surface area contributed by atoms with E-state index in [-0.39, 0.29) is 17.2 Å². The topological polar surface area (TPSA) is 77.0 Å². The molecule has 8 heteroatoms. The second kappa shape index (κ2) is 6.95. The fraction of sp³-hybridized carbons (Fsp3) is 0.333. The van der Waals surface area contributed by atoms with E-state index in [1.807, 2.05) is 42.2 Å². The van der Waals surface area contributed by atoms with E-state index in [0.717, 1.165) is 17.9 Å². The van der Waals surface area contributed by atoms with E-state index in [0.29, 0.717) is 11.7 Å². The number of furan rings is 1. The predicted octanol–water partition coefficient (Wildman–Crippen LogP) is 2.77. The maximum absolute atomic E-state index is 13.1. The van der Waals surface area contributed by atoms with E-state index < -0.39 is 0 Å². The van der Waals surface area contributed by atoms with Gasteiger partial charge in [-0.15, -0.1) is 5.10 Å². The molecule has 0 aliphatic carbocycles. The number of amides is 1. The van der Waals surface area contributed by atoms with Gasteiger partial charge in [0.1, 0.15) is 12.3 Å². The minimum atomic E-state index is -0.301. The van der Waals surface area contributed by atoms with Crippen LogP contribution in [-0.2, 0) is 17.8 Å². The van der Waals surface area contributed by atoms with Gasteiger partial charge < -0.3 is 9.32 Å². The van der Waals surface area contributed by atoms with Crippen LogP contribution in [0.3, 0.4) is 0 Å². The number of carbonyl (C=O) groups is 1. The van der Waals surface area contributed by atoms with Gasteiger partial charge in [0.15, 0.2) is 0 Å². The van der Waals surface area contributed by atoms with Crippen molar-refractivity contribution in [2.75, 3.05) is 4.90 Å². The van der Waals surface area contributed by atoms with E-state index in [2.05, 4.69) is 28.5 Å². The first-order chi connectivity index (χ1) is 12.6. The van der Waals surface area contributed by atoms with Gasteiger partial charge in [-0.1, -0.05) is 30.0 Å². The molecule has 0 saturated carbocycles. The zero-order valence-corrected chi connectivity index (χ0v) is 15.4. The van der Waals surface area contributed by atoms with Crippen molar-refractivity contribution in [1.29, 1.82) is 0 Å². The Morgan fingerprint density at radius 2 is 2.19 bits per heavy atom. The molecule has 2 atom stereocenters. The molecule has 134 valence electrons. The molecule has 26 heavy (non-hydrogen) atoms. The van der Waals surface area contributed by atoms with E-state index in [9.17, 15) is 4.79 Å². The Kier molecular flexibility index (Phi) is 4.50. The smallest absolute Gasteiger partial charge is 0.240 e. The number of hydrogen-bond acceptors (Lipinski definition) is 6. The summed E-state index contributed by atoms with van der Waals surface area (Å²) >= 11 is 1.36. The number of thioether (sulfide) groups is 1. The summed E-state index contributed by atoms with van der Waals surface area (Å²) in [5, 5.41) is 12.1. The third kappa shape index (κ3) is 3.12. The number of hydrogen-bond donors (Lipinski definition) is 0. The third-order valence-electron chi connectivity index (χ3n) is 4.46. The molecular weight excluding hydrogens is 350 g/mol. The van der Waals surface area contributed by atoms with Crippen LogP contribution in [0, 0.1) is 0 Å². The van der Waals surface area contributed by atoms with Gasteiger partial charge in [-0.25, -0.2) is 4.68 Å². The summed E-state index contributed by atoms with van der Waals surface area (Å²) in [4.78, 5) is 15.0. The summed E-state index contributed by atoms with van der Waals surface area (Å²) < 4.78 is 7.00. The van der Waals surface area contributed by atoms with Crippen LogP contribution in [0.5, 0.6) is 0 Å². The van der Waals surface area contributed by atoms with Crippen LogP contribution in [0.25, 0.3) is 0 Å². The lowest BCUT2D eigenvalue weighted by molar-refractivity contribution is -0.118. The quantitative estimate of drug-likeness (QED) is 0.644.